The molecule has 4 rings (SSSR count). The first kappa shape index (κ1) is 12.4. The minimum atomic E-state index is 0.740. The maximum absolute atomic E-state index is 6.47. The third-order valence-electron chi connectivity index (χ3n) is 3.72. The molecule has 0 radical (unpaired) electrons. The van der Waals surface area contributed by atoms with Crippen molar-refractivity contribution in [3.05, 3.63) is 77.8 Å². The van der Waals surface area contributed by atoms with Gasteiger partial charge < -0.3 is 0 Å². The highest BCUT2D eigenvalue weighted by molar-refractivity contribution is 6.37. The van der Waals surface area contributed by atoms with Crippen LogP contribution in [0.25, 0.3) is 32.9 Å². The summed E-state index contributed by atoms with van der Waals surface area (Å²) >= 11 is 6.47. The smallest absolute Gasteiger partial charge is 0.0731 e. The van der Waals surface area contributed by atoms with E-state index in [1.54, 1.807) is 0 Å². The van der Waals surface area contributed by atoms with Gasteiger partial charge in [-0.25, -0.2) is 4.98 Å². The van der Waals surface area contributed by atoms with Crippen LogP contribution in [0.4, 0.5) is 0 Å². The van der Waals surface area contributed by atoms with Gasteiger partial charge in [-0.3, -0.25) is 0 Å². The second kappa shape index (κ2) is 4.87. The zero-order valence-electron chi connectivity index (χ0n) is 11.3. The average Bonchev–Trinajstić information content (AvgIpc) is 2.54. The predicted molar refractivity (Wildman–Crippen MR) is 89.7 cm³/mol. The molecule has 1 heterocycles. The van der Waals surface area contributed by atoms with E-state index in [2.05, 4.69) is 18.2 Å². The van der Waals surface area contributed by atoms with Crippen molar-refractivity contribution in [1.82, 2.24) is 4.98 Å². The monoisotopic (exact) mass is 289 g/mol. The van der Waals surface area contributed by atoms with Crippen molar-refractivity contribution in [2.45, 2.75) is 0 Å². The molecular formula is C19H12ClN. The largest absolute Gasteiger partial charge is 0.248 e. The molecule has 21 heavy (non-hydrogen) atoms. The van der Waals surface area contributed by atoms with E-state index in [1.165, 1.54) is 0 Å². The van der Waals surface area contributed by atoms with Gasteiger partial charge in [0.1, 0.15) is 0 Å². The van der Waals surface area contributed by atoms with E-state index in [9.17, 15) is 0 Å². The van der Waals surface area contributed by atoms with Crippen molar-refractivity contribution in [2.75, 3.05) is 0 Å². The Labute approximate surface area is 127 Å². The first-order valence-corrected chi connectivity index (χ1v) is 7.25. The average molecular weight is 290 g/mol. The summed E-state index contributed by atoms with van der Waals surface area (Å²) in [6.45, 7) is 0. The Morgan fingerprint density at radius 2 is 1.38 bits per heavy atom. The molecule has 0 aliphatic rings. The number of pyridine rings is 1. The van der Waals surface area contributed by atoms with Gasteiger partial charge >= 0.3 is 0 Å². The number of benzene rings is 3. The van der Waals surface area contributed by atoms with Crippen molar-refractivity contribution in [2.24, 2.45) is 0 Å². The van der Waals surface area contributed by atoms with Crippen LogP contribution in [0.5, 0.6) is 0 Å². The van der Waals surface area contributed by atoms with Gasteiger partial charge in [0.05, 0.1) is 16.1 Å². The summed E-state index contributed by atoms with van der Waals surface area (Å²) in [7, 11) is 0. The van der Waals surface area contributed by atoms with Crippen LogP contribution in [0.3, 0.4) is 0 Å². The summed E-state index contributed by atoms with van der Waals surface area (Å²) in [5.41, 5.74) is 4.24. The van der Waals surface area contributed by atoms with Crippen LogP contribution >= 0.6 is 11.6 Å². The van der Waals surface area contributed by atoms with Gasteiger partial charge in [0, 0.05) is 16.3 Å². The summed E-state index contributed by atoms with van der Waals surface area (Å²) < 4.78 is 0. The Morgan fingerprint density at radius 3 is 2.24 bits per heavy atom. The second-order valence-corrected chi connectivity index (χ2v) is 5.41. The van der Waals surface area contributed by atoms with Crippen molar-refractivity contribution in [3.63, 3.8) is 0 Å². The van der Waals surface area contributed by atoms with Gasteiger partial charge in [0.2, 0.25) is 0 Å². The lowest BCUT2D eigenvalue weighted by Gasteiger charge is -2.12. The molecule has 0 saturated carbocycles. The Hall–Kier alpha value is -2.38. The first-order chi connectivity index (χ1) is 10.3. The quantitative estimate of drug-likeness (QED) is 0.409. The Bertz CT molecular complexity index is 945. The minimum Gasteiger partial charge on any atom is -0.248 e. The third-order valence-corrected chi connectivity index (χ3v) is 4.03. The third kappa shape index (κ3) is 1.98. The highest BCUT2D eigenvalue weighted by Gasteiger charge is 2.12. The number of para-hydroxylation sites is 1. The molecule has 1 aromatic heterocycles. The van der Waals surface area contributed by atoms with Crippen LogP contribution in [0, 0.1) is 0 Å². The summed E-state index contributed by atoms with van der Waals surface area (Å²) in [6.07, 6.45) is 0. The lowest BCUT2D eigenvalue weighted by Crippen LogP contribution is -1.89. The zero-order chi connectivity index (χ0) is 14.2. The SMILES string of the molecule is Clc1cccc2nc3ccccc3c(-c3ccccc3)c12. The molecule has 3 aromatic carbocycles. The van der Waals surface area contributed by atoms with E-state index in [1.807, 2.05) is 54.6 Å². The standard InChI is InChI=1S/C19H12ClN/c20-15-10-6-12-17-19(15)18(13-7-2-1-3-8-13)14-9-4-5-11-16(14)21-17/h1-12H. The van der Waals surface area contributed by atoms with Crippen LogP contribution < -0.4 is 0 Å². The number of hydrogen-bond acceptors (Lipinski definition) is 1. The number of halogens is 1. The fourth-order valence-corrected chi connectivity index (χ4v) is 3.07. The molecule has 4 aromatic rings. The maximum Gasteiger partial charge on any atom is 0.0731 e. The Kier molecular flexibility index (Phi) is 2.87. The highest BCUT2D eigenvalue weighted by Crippen LogP contribution is 2.37. The van der Waals surface area contributed by atoms with E-state index in [0.717, 1.165) is 38.0 Å². The van der Waals surface area contributed by atoms with Gasteiger partial charge in [-0.05, 0) is 23.8 Å². The van der Waals surface area contributed by atoms with Crippen molar-refractivity contribution in [3.8, 4) is 11.1 Å². The molecule has 1 nitrogen and oxygen atoms in total. The molecule has 100 valence electrons. The van der Waals surface area contributed by atoms with Gasteiger partial charge in [-0.15, -0.1) is 0 Å². The van der Waals surface area contributed by atoms with Crippen molar-refractivity contribution >= 4 is 33.4 Å². The molecular weight excluding hydrogens is 278 g/mol. The molecule has 0 bridgehead atoms. The number of nitrogens with zero attached hydrogens (tertiary/aromatic N) is 1. The van der Waals surface area contributed by atoms with Gasteiger partial charge in [-0.2, -0.15) is 0 Å². The first-order valence-electron chi connectivity index (χ1n) is 6.87. The van der Waals surface area contributed by atoms with Crippen molar-refractivity contribution in [1.29, 1.82) is 0 Å². The topological polar surface area (TPSA) is 12.9 Å². The molecule has 0 N–H and O–H groups in total. The molecule has 0 fully saturated rings. The van der Waals surface area contributed by atoms with Crippen molar-refractivity contribution < 1.29 is 0 Å². The second-order valence-electron chi connectivity index (χ2n) is 5.00. The highest BCUT2D eigenvalue weighted by atomic mass is 35.5. The molecule has 2 heteroatoms. The summed E-state index contributed by atoms with van der Waals surface area (Å²) in [5.74, 6) is 0. The normalized spacial score (nSPS) is 11.1. The van der Waals surface area contributed by atoms with E-state index in [4.69, 9.17) is 16.6 Å². The van der Waals surface area contributed by atoms with E-state index < -0.39 is 0 Å². The fourth-order valence-electron chi connectivity index (χ4n) is 2.81. The van der Waals surface area contributed by atoms with E-state index >= 15 is 0 Å². The molecule has 0 spiro atoms. The van der Waals surface area contributed by atoms with Gasteiger partial charge in [0.15, 0.2) is 0 Å². The van der Waals surface area contributed by atoms with E-state index in [0.29, 0.717) is 0 Å². The van der Waals surface area contributed by atoms with Crippen LogP contribution in [0.15, 0.2) is 72.8 Å². The number of hydrogen-bond donors (Lipinski definition) is 0. The molecule has 0 aliphatic heterocycles. The predicted octanol–water partition coefficient (Wildman–Crippen LogP) is 5.71. The lowest BCUT2D eigenvalue weighted by atomic mass is 9.96. The lowest BCUT2D eigenvalue weighted by molar-refractivity contribution is 1.49. The molecule has 0 amide bonds. The van der Waals surface area contributed by atoms with Crippen LogP contribution in [-0.2, 0) is 0 Å². The Balaban J connectivity index is 2.27. The van der Waals surface area contributed by atoms with Crippen LogP contribution in [0.1, 0.15) is 0 Å². The summed E-state index contributed by atoms with van der Waals surface area (Å²) in [4.78, 5) is 4.74. The number of rotatable bonds is 1. The van der Waals surface area contributed by atoms with Crippen LogP contribution in [-0.4, -0.2) is 4.98 Å². The number of fused-ring (bicyclic) bond motifs is 2. The van der Waals surface area contributed by atoms with Gasteiger partial charge in [-0.1, -0.05) is 66.2 Å². The number of aromatic nitrogens is 1. The molecule has 0 saturated heterocycles. The van der Waals surface area contributed by atoms with E-state index in [-0.39, 0.29) is 0 Å². The minimum absolute atomic E-state index is 0.740. The molecule has 0 aliphatic carbocycles. The van der Waals surface area contributed by atoms with Crippen LogP contribution in [0.2, 0.25) is 5.02 Å². The zero-order valence-corrected chi connectivity index (χ0v) is 12.0. The Morgan fingerprint density at radius 1 is 0.667 bits per heavy atom. The fraction of sp³-hybridized carbons (Fsp3) is 0. The maximum atomic E-state index is 6.47. The summed E-state index contributed by atoms with van der Waals surface area (Å²) in [6, 6.07) is 24.4. The molecule has 0 unspecified atom stereocenters. The van der Waals surface area contributed by atoms with Gasteiger partial charge in [0.25, 0.3) is 0 Å². The molecule has 0 atom stereocenters. The summed E-state index contributed by atoms with van der Waals surface area (Å²) in [5, 5.41) is 2.89.